The molecule has 1 aromatic carbocycles. The van der Waals surface area contributed by atoms with Crippen molar-refractivity contribution in [3.05, 3.63) is 58.5 Å². The maximum atomic E-state index is 13.1. The number of benzene rings is 1. The predicted molar refractivity (Wildman–Crippen MR) is 69.8 cm³/mol. The number of anilines is 1. The molecule has 20 heavy (non-hydrogen) atoms. The van der Waals surface area contributed by atoms with E-state index in [1.54, 1.807) is 0 Å². The van der Waals surface area contributed by atoms with E-state index in [0.717, 1.165) is 12.1 Å². The van der Waals surface area contributed by atoms with Gasteiger partial charge in [-0.1, -0.05) is 12.1 Å². The van der Waals surface area contributed by atoms with E-state index in [1.807, 2.05) is 0 Å². The van der Waals surface area contributed by atoms with Crippen molar-refractivity contribution >= 4 is 21.8 Å². The van der Waals surface area contributed by atoms with E-state index in [2.05, 4.69) is 10.3 Å². The average Bonchev–Trinajstić information content (AvgIpc) is 2.38. The van der Waals surface area contributed by atoms with Gasteiger partial charge in [0.1, 0.15) is 4.90 Å². The largest absolute Gasteiger partial charge is 0.334 e. The van der Waals surface area contributed by atoms with Crippen LogP contribution in [0.3, 0.4) is 0 Å². The van der Waals surface area contributed by atoms with Crippen LogP contribution in [0.1, 0.15) is 10.4 Å². The molecule has 0 spiro atoms. The van der Waals surface area contributed by atoms with Crippen LogP contribution in [-0.4, -0.2) is 19.3 Å². The molecule has 0 unspecified atom stereocenters. The smallest absolute Gasteiger partial charge is 0.328 e. The highest BCUT2D eigenvalue weighted by Gasteiger charge is 2.18. The number of hydrogen-bond donors (Lipinski definition) is 2. The quantitative estimate of drug-likeness (QED) is 0.834. The Labute approximate surface area is 113 Å². The molecule has 0 saturated carbocycles. The maximum Gasteiger partial charge on any atom is 0.334 e. The molecule has 0 saturated heterocycles. The second-order valence-electron chi connectivity index (χ2n) is 3.83. The van der Waals surface area contributed by atoms with E-state index < -0.39 is 21.0 Å². The van der Waals surface area contributed by atoms with Gasteiger partial charge in [-0.25, -0.2) is 0 Å². The minimum atomic E-state index is -4.94. The number of rotatable bonds is 3. The minimum absolute atomic E-state index is 0.107. The highest BCUT2D eigenvalue weighted by molar-refractivity contribution is 7.86. The van der Waals surface area contributed by atoms with Crippen LogP contribution in [0.5, 0.6) is 0 Å². The fourth-order valence-electron chi connectivity index (χ4n) is 1.53. The number of nitrogens with one attached hydrogen (secondary N) is 2. The number of halogens is 1. The summed E-state index contributed by atoms with van der Waals surface area (Å²) in [6.45, 7) is 0. The number of pyridine rings is 1. The summed E-state index contributed by atoms with van der Waals surface area (Å²) in [4.78, 5) is 24.4. The van der Waals surface area contributed by atoms with E-state index >= 15 is 0 Å². The molecule has 104 valence electrons. The van der Waals surface area contributed by atoms with Gasteiger partial charge in [0.05, 0.1) is 11.3 Å². The number of aromatic amines is 1. The summed E-state index contributed by atoms with van der Waals surface area (Å²) in [5.74, 6) is -0.669. The maximum absolute atomic E-state index is 13.1. The number of carbonyl (C=O) groups excluding carboxylic acids is 1. The normalized spacial score (nSPS) is 11.1. The minimum Gasteiger partial charge on any atom is -0.328 e. The van der Waals surface area contributed by atoms with Crippen LogP contribution < -0.4 is 10.9 Å². The number of hydrogen-bond acceptors (Lipinski definition) is 4. The molecular formula is C12H9FN2O4S. The van der Waals surface area contributed by atoms with Crippen LogP contribution in [0.2, 0.25) is 0 Å². The zero-order valence-electron chi connectivity index (χ0n) is 9.96. The van der Waals surface area contributed by atoms with Gasteiger partial charge in [0.15, 0.2) is 0 Å². The molecule has 1 aromatic heterocycles. The molecule has 0 aliphatic heterocycles. The van der Waals surface area contributed by atoms with Gasteiger partial charge in [-0.05, 0) is 18.2 Å². The van der Waals surface area contributed by atoms with Gasteiger partial charge in [0, 0.05) is 12.3 Å². The second-order valence-corrected chi connectivity index (χ2v) is 5.15. The van der Waals surface area contributed by atoms with Gasteiger partial charge in [0.25, 0.3) is 5.91 Å². The van der Waals surface area contributed by atoms with E-state index in [4.69, 9.17) is 0 Å². The molecule has 2 N–H and O–H groups in total. The third kappa shape index (κ3) is 3.09. The average molecular weight is 296 g/mol. The standard InChI is InChI=1S/C12H9FN2O4S/c13-20(18,19)10-4-2-1-3-9(10)15-12(17)8-5-6-11(16)14-7-8/h1-7H,(H,14,16)(H,15,17). The zero-order valence-corrected chi connectivity index (χ0v) is 10.8. The van der Waals surface area contributed by atoms with Crippen molar-refractivity contribution in [1.29, 1.82) is 0 Å². The lowest BCUT2D eigenvalue weighted by molar-refractivity contribution is 0.102. The third-order valence-corrected chi connectivity index (χ3v) is 3.33. The molecule has 0 radical (unpaired) electrons. The van der Waals surface area contributed by atoms with Gasteiger partial charge in [-0.3, -0.25) is 9.59 Å². The SMILES string of the molecule is O=C(Nc1ccccc1S(=O)(=O)F)c1ccc(=O)[nH]c1. The van der Waals surface area contributed by atoms with Crippen molar-refractivity contribution in [2.24, 2.45) is 0 Å². The van der Waals surface area contributed by atoms with Crippen LogP contribution in [0, 0.1) is 0 Å². The van der Waals surface area contributed by atoms with Crippen molar-refractivity contribution in [1.82, 2.24) is 4.98 Å². The highest BCUT2D eigenvalue weighted by Crippen LogP contribution is 2.23. The van der Waals surface area contributed by atoms with Gasteiger partial charge in [-0.15, -0.1) is 3.89 Å². The lowest BCUT2D eigenvalue weighted by atomic mass is 10.2. The number of H-pyrrole nitrogens is 1. The number of amides is 1. The van der Waals surface area contributed by atoms with Crippen molar-refractivity contribution in [2.75, 3.05) is 5.32 Å². The topological polar surface area (TPSA) is 96.1 Å². The Kier molecular flexibility index (Phi) is 3.66. The Morgan fingerprint density at radius 1 is 1.15 bits per heavy atom. The van der Waals surface area contributed by atoms with Gasteiger partial charge in [-0.2, -0.15) is 8.42 Å². The predicted octanol–water partition coefficient (Wildman–Crippen LogP) is 1.29. The van der Waals surface area contributed by atoms with Crippen molar-refractivity contribution in [3.63, 3.8) is 0 Å². The summed E-state index contributed by atoms with van der Waals surface area (Å²) in [5, 5.41) is 2.27. The van der Waals surface area contributed by atoms with Gasteiger partial charge < -0.3 is 10.3 Å². The van der Waals surface area contributed by atoms with Crippen LogP contribution in [0.15, 0.2) is 52.3 Å². The number of carbonyl (C=O) groups is 1. The number of para-hydroxylation sites is 1. The fourth-order valence-corrected chi connectivity index (χ4v) is 2.15. The van der Waals surface area contributed by atoms with Crippen LogP contribution >= 0.6 is 0 Å². The molecule has 8 heteroatoms. The fraction of sp³-hybridized carbons (Fsp3) is 0. The highest BCUT2D eigenvalue weighted by atomic mass is 32.3. The molecule has 2 aromatic rings. The summed E-state index contributed by atoms with van der Waals surface area (Å²) < 4.78 is 35.0. The molecule has 0 bridgehead atoms. The molecular weight excluding hydrogens is 287 g/mol. The van der Waals surface area contributed by atoms with Gasteiger partial charge in [0.2, 0.25) is 5.56 Å². The van der Waals surface area contributed by atoms with E-state index in [9.17, 15) is 21.9 Å². The second kappa shape index (κ2) is 5.25. The summed E-state index contributed by atoms with van der Waals surface area (Å²) in [7, 11) is -4.94. The first kappa shape index (κ1) is 13.9. The summed E-state index contributed by atoms with van der Waals surface area (Å²) in [6, 6.07) is 7.50. The molecule has 2 rings (SSSR count). The Hall–Kier alpha value is -2.48. The van der Waals surface area contributed by atoms with Crippen LogP contribution in [0.25, 0.3) is 0 Å². The molecule has 0 atom stereocenters. The van der Waals surface area contributed by atoms with Crippen molar-refractivity contribution < 1.29 is 17.1 Å². The number of aromatic nitrogens is 1. The van der Waals surface area contributed by atoms with E-state index in [0.29, 0.717) is 0 Å². The van der Waals surface area contributed by atoms with Crippen molar-refractivity contribution in [3.8, 4) is 0 Å². The third-order valence-electron chi connectivity index (χ3n) is 2.44. The first-order chi connectivity index (χ1) is 9.38. The zero-order chi connectivity index (χ0) is 14.8. The summed E-state index contributed by atoms with van der Waals surface area (Å²) >= 11 is 0. The Bertz CT molecular complexity index is 794. The Morgan fingerprint density at radius 3 is 2.45 bits per heavy atom. The molecule has 1 amide bonds. The molecule has 0 aliphatic rings. The first-order valence-electron chi connectivity index (χ1n) is 5.42. The molecule has 1 heterocycles. The molecule has 6 nitrogen and oxygen atoms in total. The van der Waals surface area contributed by atoms with Crippen LogP contribution in [-0.2, 0) is 10.2 Å². The Morgan fingerprint density at radius 2 is 1.85 bits per heavy atom. The van der Waals surface area contributed by atoms with Gasteiger partial charge >= 0.3 is 10.2 Å². The van der Waals surface area contributed by atoms with Crippen molar-refractivity contribution in [2.45, 2.75) is 4.90 Å². The van der Waals surface area contributed by atoms with E-state index in [-0.39, 0.29) is 16.8 Å². The van der Waals surface area contributed by atoms with Crippen LogP contribution in [0.4, 0.5) is 9.57 Å². The lowest BCUT2D eigenvalue weighted by Gasteiger charge is -2.07. The lowest BCUT2D eigenvalue weighted by Crippen LogP contribution is -2.16. The Balaban J connectivity index is 2.33. The summed E-state index contributed by atoms with van der Waals surface area (Å²) in [6.07, 6.45) is 1.17. The summed E-state index contributed by atoms with van der Waals surface area (Å²) in [5.41, 5.74) is -0.449. The first-order valence-corrected chi connectivity index (χ1v) is 6.80. The molecule has 0 fully saturated rings. The monoisotopic (exact) mass is 296 g/mol. The molecule has 0 aliphatic carbocycles. The van der Waals surface area contributed by atoms with E-state index in [1.165, 1.54) is 30.5 Å².